The first kappa shape index (κ1) is 15.2. The van der Waals surface area contributed by atoms with Crippen molar-refractivity contribution < 1.29 is 12.8 Å². The molecule has 0 aromatic heterocycles. The van der Waals surface area contributed by atoms with Crippen LogP contribution in [0.25, 0.3) is 0 Å². The summed E-state index contributed by atoms with van der Waals surface area (Å²) in [6.07, 6.45) is 0. The average Bonchev–Trinajstić information content (AvgIpc) is 2.41. The number of benzene rings is 2. The predicted molar refractivity (Wildman–Crippen MR) is 79.3 cm³/mol. The first-order valence-corrected chi connectivity index (χ1v) is 8.16. The highest BCUT2D eigenvalue weighted by molar-refractivity contribution is 9.10. The lowest BCUT2D eigenvalue weighted by molar-refractivity contribution is 0.576. The molecular weight excluding hydrogens is 345 g/mol. The lowest BCUT2D eigenvalue weighted by Crippen LogP contribution is -2.24. The number of nitrogens with one attached hydrogen (secondary N) is 1. The fourth-order valence-corrected chi connectivity index (χ4v) is 3.26. The fraction of sp³-hybridized carbons (Fsp3) is 0.143. The molecule has 0 unspecified atom stereocenters. The largest absolute Gasteiger partial charge is 0.241 e. The van der Waals surface area contributed by atoms with E-state index in [1.54, 1.807) is 6.92 Å². The van der Waals surface area contributed by atoms with Gasteiger partial charge in [0.15, 0.2) is 0 Å². The molecule has 0 spiro atoms. The third-order valence-corrected chi connectivity index (χ3v) is 4.89. The Kier molecular flexibility index (Phi) is 4.57. The number of aryl methyl sites for hydroxylation is 1. The van der Waals surface area contributed by atoms with Gasteiger partial charge in [-0.3, -0.25) is 0 Å². The molecule has 106 valence electrons. The summed E-state index contributed by atoms with van der Waals surface area (Å²) in [6, 6.07) is 11.0. The lowest BCUT2D eigenvalue weighted by Gasteiger charge is -2.09. The maximum Gasteiger partial charge on any atom is 0.241 e. The minimum atomic E-state index is -3.72. The molecule has 0 heterocycles. The highest BCUT2D eigenvalue weighted by Gasteiger charge is 2.17. The Morgan fingerprint density at radius 3 is 2.45 bits per heavy atom. The summed E-state index contributed by atoms with van der Waals surface area (Å²) in [5.74, 6) is -0.570. The molecule has 0 radical (unpaired) electrons. The maximum absolute atomic E-state index is 13.2. The summed E-state index contributed by atoms with van der Waals surface area (Å²) in [6.45, 7) is 1.79. The van der Waals surface area contributed by atoms with Gasteiger partial charge in [-0.05, 0) is 42.3 Å². The quantitative estimate of drug-likeness (QED) is 0.911. The minimum absolute atomic E-state index is 0.0328. The summed E-state index contributed by atoms with van der Waals surface area (Å²) in [5, 5.41) is 0. The second-order valence-electron chi connectivity index (χ2n) is 4.36. The van der Waals surface area contributed by atoms with E-state index in [0.29, 0.717) is 5.56 Å². The molecule has 0 fully saturated rings. The number of rotatable bonds is 4. The molecule has 0 aliphatic carbocycles. The van der Waals surface area contributed by atoms with E-state index in [9.17, 15) is 12.8 Å². The maximum atomic E-state index is 13.2. The van der Waals surface area contributed by atoms with Crippen molar-refractivity contribution in [1.82, 2.24) is 4.72 Å². The van der Waals surface area contributed by atoms with Crippen molar-refractivity contribution in [2.75, 3.05) is 0 Å². The summed E-state index contributed by atoms with van der Waals surface area (Å²) in [5.41, 5.74) is 1.33. The average molecular weight is 358 g/mol. The second-order valence-corrected chi connectivity index (χ2v) is 7.01. The normalized spacial score (nSPS) is 11.6. The molecule has 0 atom stereocenters. The summed E-state index contributed by atoms with van der Waals surface area (Å²) < 4.78 is 40.9. The van der Waals surface area contributed by atoms with Crippen molar-refractivity contribution >= 4 is 26.0 Å². The highest BCUT2D eigenvalue weighted by Crippen LogP contribution is 2.17. The van der Waals surface area contributed by atoms with Crippen LogP contribution >= 0.6 is 15.9 Å². The van der Waals surface area contributed by atoms with Gasteiger partial charge in [-0.15, -0.1) is 0 Å². The topological polar surface area (TPSA) is 46.2 Å². The van der Waals surface area contributed by atoms with E-state index in [2.05, 4.69) is 20.7 Å². The molecule has 0 aliphatic heterocycles. The Bertz CT molecular complexity index is 714. The van der Waals surface area contributed by atoms with Crippen LogP contribution in [0.5, 0.6) is 0 Å². The van der Waals surface area contributed by atoms with Gasteiger partial charge in [-0.2, -0.15) is 0 Å². The molecular formula is C14H13BrFNO2S. The van der Waals surface area contributed by atoms with Crippen LogP contribution in [0.2, 0.25) is 0 Å². The van der Waals surface area contributed by atoms with E-state index in [4.69, 9.17) is 0 Å². The molecule has 0 saturated carbocycles. The summed E-state index contributed by atoms with van der Waals surface area (Å²) in [4.78, 5) is -0.0328. The van der Waals surface area contributed by atoms with E-state index in [0.717, 1.165) is 16.1 Å². The highest BCUT2D eigenvalue weighted by atomic mass is 79.9. The Balaban J connectivity index is 2.19. The third-order valence-electron chi connectivity index (χ3n) is 2.82. The molecule has 0 saturated heterocycles. The third kappa shape index (κ3) is 3.65. The van der Waals surface area contributed by atoms with Gasteiger partial charge >= 0.3 is 0 Å². The van der Waals surface area contributed by atoms with Crippen LogP contribution in [0.4, 0.5) is 4.39 Å². The Morgan fingerprint density at radius 2 is 1.80 bits per heavy atom. The van der Waals surface area contributed by atoms with Crippen LogP contribution in [-0.4, -0.2) is 8.42 Å². The first-order valence-electron chi connectivity index (χ1n) is 5.89. The van der Waals surface area contributed by atoms with Crippen molar-refractivity contribution in [2.45, 2.75) is 18.4 Å². The zero-order chi connectivity index (χ0) is 14.8. The lowest BCUT2D eigenvalue weighted by atomic mass is 10.2. The standard InChI is InChI=1S/C14H13BrFNO2S/c1-10-2-7-13(16)8-14(10)20(18,19)17-9-11-3-5-12(15)6-4-11/h2-8,17H,9H2,1H3. The van der Waals surface area contributed by atoms with Gasteiger partial charge in [0.25, 0.3) is 0 Å². The molecule has 2 aromatic rings. The van der Waals surface area contributed by atoms with E-state index >= 15 is 0 Å². The Labute approximate surface area is 126 Å². The van der Waals surface area contributed by atoms with Crippen molar-refractivity contribution in [1.29, 1.82) is 0 Å². The zero-order valence-corrected chi connectivity index (χ0v) is 13.1. The molecule has 0 amide bonds. The molecule has 0 bridgehead atoms. The monoisotopic (exact) mass is 357 g/mol. The summed E-state index contributed by atoms with van der Waals surface area (Å²) >= 11 is 3.31. The molecule has 6 heteroatoms. The van der Waals surface area contributed by atoms with Gasteiger partial charge in [0, 0.05) is 11.0 Å². The number of sulfonamides is 1. The Morgan fingerprint density at radius 1 is 1.15 bits per heavy atom. The van der Waals surface area contributed by atoms with Crippen LogP contribution in [0, 0.1) is 12.7 Å². The van der Waals surface area contributed by atoms with Gasteiger partial charge in [-0.25, -0.2) is 17.5 Å². The molecule has 2 rings (SSSR count). The van der Waals surface area contributed by atoms with Crippen molar-refractivity contribution in [3.8, 4) is 0 Å². The van der Waals surface area contributed by atoms with Crippen LogP contribution in [0.1, 0.15) is 11.1 Å². The van der Waals surface area contributed by atoms with Gasteiger partial charge in [-0.1, -0.05) is 34.1 Å². The molecule has 20 heavy (non-hydrogen) atoms. The van der Waals surface area contributed by atoms with Crippen LogP contribution < -0.4 is 4.72 Å². The first-order chi connectivity index (χ1) is 9.38. The van der Waals surface area contributed by atoms with E-state index in [1.807, 2.05) is 24.3 Å². The SMILES string of the molecule is Cc1ccc(F)cc1S(=O)(=O)NCc1ccc(Br)cc1. The van der Waals surface area contributed by atoms with Crippen molar-refractivity contribution in [3.05, 3.63) is 63.9 Å². The van der Waals surface area contributed by atoms with Gasteiger partial charge < -0.3 is 0 Å². The zero-order valence-electron chi connectivity index (χ0n) is 10.7. The second kappa shape index (κ2) is 6.03. The smallest absolute Gasteiger partial charge is 0.207 e. The predicted octanol–water partition coefficient (Wildman–Crippen LogP) is 3.38. The fourth-order valence-electron chi connectivity index (χ4n) is 1.72. The minimum Gasteiger partial charge on any atom is -0.207 e. The van der Waals surface area contributed by atoms with E-state index in [-0.39, 0.29) is 11.4 Å². The Hall–Kier alpha value is -1.24. The van der Waals surface area contributed by atoms with Crippen LogP contribution in [0.3, 0.4) is 0 Å². The van der Waals surface area contributed by atoms with Gasteiger partial charge in [0.05, 0.1) is 4.90 Å². The molecule has 2 aromatic carbocycles. The van der Waals surface area contributed by atoms with Crippen LogP contribution in [-0.2, 0) is 16.6 Å². The van der Waals surface area contributed by atoms with Crippen molar-refractivity contribution in [3.63, 3.8) is 0 Å². The van der Waals surface area contributed by atoms with Crippen LogP contribution in [0.15, 0.2) is 51.8 Å². The number of halogens is 2. The van der Waals surface area contributed by atoms with Crippen molar-refractivity contribution in [2.24, 2.45) is 0 Å². The van der Waals surface area contributed by atoms with E-state index < -0.39 is 15.8 Å². The van der Waals surface area contributed by atoms with E-state index in [1.165, 1.54) is 12.1 Å². The molecule has 0 aliphatic rings. The number of hydrogen-bond donors (Lipinski definition) is 1. The number of hydrogen-bond acceptors (Lipinski definition) is 2. The van der Waals surface area contributed by atoms with Gasteiger partial charge in [0.2, 0.25) is 10.0 Å². The summed E-state index contributed by atoms with van der Waals surface area (Å²) in [7, 11) is -3.72. The van der Waals surface area contributed by atoms with Gasteiger partial charge in [0.1, 0.15) is 5.82 Å². The molecule has 3 nitrogen and oxygen atoms in total. The molecule has 1 N–H and O–H groups in total.